The fraction of sp³-hybridized carbons (Fsp3) is 0.417. The summed E-state index contributed by atoms with van der Waals surface area (Å²) >= 11 is 0. The van der Waals surface area contributed by atoms with Crippen LogP contribution in [0.25, 0.3) is 0 Å². The van der Waals surface area contributed by atoms with Gasteiger partial charge in [0, 0.05) is 6.04 Å². The first-order valence-electron chi connectivity index (χ1n) is 5.41. The van der Waals surface area contributed by atoms with Crippen LogP contribution in [0.15, 0.2) is 24.3 Å². The van der Waals surface area contributed by atoms with Crippen LogP contribution in [-0.2, 0) is 4.79 Å². The summed E-state index contributed by atoms with van der Waals surface area (Å²) in [5.74, 6) is -0.546. The largest absolute Gasteiger partial charge is 0.490 e. The van der Waals surface area contributed by atoms with Crippen molar-refractivity contribution < 1.29 is 19.0 Å². The first-order valence-corrected chi connectivity index (χ1v) is 5.41. The Morgan fingerprint density at radius 1 is 1.53 bits per heavy atom. The second-order valence-corrected chi connectivity index (χ2v) is 3.68. The molecule has 0 radical (unpaired) electrons. The van der Waals surface area contributed by atoms with Gasteiger partial charge in [-0.15, -0.1) is 0 Å². The van der Waals surface area contributed by atoms with E-state index in [0.717, 1.165) is 0 Å². The van der Waals surface area contributed by atoms with Crippen molar-refractivity contribution in [3.63, 3.8) is 0 Å². The number of nitrogens with one attached hydrogen (secondary N) is 1. The van der Waals surface area contributed by atoms with Gasteiger partial charge in [-0.2, -0.15) is 0 Å². The molecule has 1 rings (SSSR count). The maximum absolute atomic E-state index is 13.1. The zero-order valence-electron chi connectivity index (χ0n) is 9.65. The molecule has 17 heavy (non-hydrogen) atoms. The zero-order valence-corrected chi connectivity index (χ0v) is 9.65. The predicted octanol–water partition coefficient (Wildman–Crippen LogP) is 1.09. The van der Waals surface area contributed by atoms with E-state index in [1.165, 1.54) is 12.1 Å². The number of hydrogen-bond acceptors (Lipinski definition) is 3. The summed E-state index contributed by atoms with van der Waals surface area (Å²) in [6.07, 6.45) is 0.124. The molecule has 5 heteroatoms. The van der Waals surface area contributed by atoms with Crippen molar-refractivity contribution in [1.82, 2.24) is 5.32 Å². The molecule has 0 saturated carbocycles. The Hall–Kier alpha value is -1.62. The summed E-state index contributed by atoms with van der Waals surface area (Å²) in [6, 6.07) is 5.74. The van der Waals surface area contributed by atoms with Gasteiger partial charge < -0.3 is 15.2 Å². The molecule has 0 aliphatic heterocycles. The highest BCUT2D eigenvalue weighted by Gasteiger charge is 2.07. The number of para-hydroxylation sites is 1. The third-order valence-corrected chi connectivity index (χ3v) is 2.10. The molecule has 0 saturated heterocycles. The lowest BCUT2D eigenvalue weighted by Gasteiger charge is -2.11. The number of amides is 1. The van der Waals surface area contributed by atoms with Crippen LogP contribution in [0.2, 0.25) is 0 Å². The van der Waals surface area contributed by atoms with Crippen LogP contribution in [0.4, 0.5) is 4.39 Å². The first kappa shape index (κ1) is 13.4. The average molecular weight is 241 g/mol. The van der Waals surface area contributed by atoms with E-state index < -0.39 is 5.82 Å². The summed E-state index contributed by atoms with van der Waals surface area (Å²) < 4.78 is 18.2. The van der Waals surface area contributed by atoms with Crippen molar-refractivity contribution in [1.29, 1.82) is 0 Å². The first-order chi connectivity index (χ1) is 8.13. The summed E-state index contributed by atoms with van der Waals surface area (Å²) in [6.45, 7) is 1.68. The lowest BCUT2D eigenvalue weighted by molar-refractivity contribution is -0.122. The Kier molecular flexibility index (Phi) is 5.42. The highest BCUT2D eigenvalue weighted by molar-refractivity contribution is 5.76. The number of carbonyl (C=O) groups excluding carboxylic acids is 1. The van der Waals surface area contributed by atoms with E-state index in [1.54, 1.807) is 19.1 Å². The SMILES string of the molecule is C[C@@H](CO)NC(=O)CCOc1ccccc1F. The second-order valence-electron chi connectivity index (χ2n) is 3.68. The van der Waals surface area contributed by atoms with Gasteiger partial charge in [0.15, 0.2) is 11.6 Å². The topological polar surface area (TPSA) is 58.6 Å². The number of carbonyl (C=O) groups is 1. The van der Waals surface area contributed by atoms with Gasteiger partial charge >= 0.3 is 0 Å². The van der Waals surface area contributed by atoms with Gasteiger partial charge in [0.25, 0.3) is 0 Å². The van der Waals surface area contributed by atoms with Gasteiger partial charge in [-0.25, -0.2) is 4.39 Å². The Balaban J connectivity index is 2.29. The molecule has 0 unspecified atom stereocenters. The van der Waals surface area contributed by atoms with E-state index in [9.17, 15) is 9.18 Å². The average Bonchev–Trinajstić information content (AvgIpc) is 2.31. The molecule has 0 aromatic heterocycles. The van der Waals surface area contributed by atoms with Crippen LogP contribution in [0.5, 0.6) is 5.75 Å². The Morgan fingerprint density at radius 3 is 2.88 bits per heavy atom. The Labute approximate surface area is 99.4 Å². The summed E-state index contributed by atoms with van der Waals surface area (Å²) in [4.78, 5) is 11.3. The van der Waals surface area contributed by atoms with Crippen LogP contribution in [-0.4, -0.2) is 30.3 Å². The van der Waals surface area contributed by atoms with Crippen molar-refractivity contribution in [3.05, 3.63) is 30.1 Å². The standard InChI is InChI=1S/C12H16FNO3/c1-9(8-15)14-12(16)6-7-17-11-5-3-2-4-10(11)13/h2-5,9,15H,6-8H2,1H3,(H,14,16)/t9-/m0/s1. The van der Waals surface area contributed by atoms with Crippen molar-refractivity contribution in [2.24, 2.45) is 0 Å². The third kappa shape index (κ3) is 4.82. The minimum Gasteiger partial charge on any atom is -0.490 e. The van der Waals surface area contributed by atoms with Gasteiger partial charge in [-0.1, -0.05) is 12.1 Å². The number of benzene rings is 1. The van der Waals surface area contributed by atoms with Crippen molar-refractivity contribution >= 4 is 5.91 Å². The van der Waals surface area contributed by atoms with Crippen LogP contribution in [0, 0.1) is 5.82 Å². The Bertz CT molecular complexity index is 371. The van der Waals surface area contributed by atoms with E-state index in [1.807, 2.05) is 0 Å². The molecule has 0 spiro atoms. The minimum absolute atomic E-state index is 0.102. The molecule has 1 amide bonds. The molecule has 1 aromatic carbocycles. The summed E-state index contributed by atoms with van der Waals surface area (Å²) in [5, 5.41) is 11.3. The van der Waals surface area contributed by atoms with Crippen LogP contribution >= 0.6 is 0 Å². The second kappa shape index (κ2) is 6.85. The van der Waals surface area contributed by atoms with Crippen LogP contribution in [0.3, 0.4) is 0 Å². The fourth-order valence-corrected chi connectivity index (χ4v) is 1.21. The number of hydrogen-bond donors (Lipinski definition) is 2. The molecule has 0 aliphatic rings. The number of rotatable bonds is 6. The Morgan fingerprint density at radius 2 is 2.24 bits per heavy atom. The smallest absolute Gasteiger partial charge is 0.223 e. The van der Waals surface area contributed by atoms with E-state index in [0.29, 0.717) is 0 Å². The van der Waals surface area contributed by atoms with Gasteiger partial charge in [0.05, 0.1) is 19.6 Å². The maximum Gasteiger partial charge on any atom is 0.223 e. The minimum atomic E-state index is -0.448. The van der Waals surface area contributed by atoms with Gasteiger partial charge in [0.2, 0.25) is 5.91 Å². The number of halogens is 1. The van der Waals surface area contributed by atoms with Crippen molar-refractivity contribution in [2.75, 3.05) is 13.2 Å². The molecular formula is C12H16FNO3. The quantitative estimate of drug-likeness (QED) is 0.784. The molecule has 1 aromatic rings. The maximum atomic E-state index is 13.1. The monoisotopic (exact) mass is 241 g/mol. The molecule has 94 valence electrons. The summed E-state index contributed by atoms with van der Waals surface area (Å²) in [5.41, 5.74) is 0. The number of aliphatic hydroxyl groups is 1. The zero-order chi connectivity index (χ0) is 12.7. The van der Waals surface area contributed by atoms with Gasteiger partial charge in [0.1, 0.15) is 0 Å². The van der Waals surface area contributed by atoms with Crippen molar-refractivity contribution in [3.8, 4) is 5.75 Å². The number of ether oxygens (including phenoxy) is 1. The highest BCUT2D eigenvalue weighted by atomic mass is 19.1. The fourth-order valence-electron chi connectivity index (χ4n) is 1.21. The molecular weight excluding hydrogens is 225 g/mol. The molecule has 0 aliphatic carbocycles. The molecule has 1 atom stereocenters. The van der Waals surface area contributed by atoms with E-state index in [4.69, 9.17) is 9.84 Å². The highest BCUT2D eigenvalue weighted by Crippen LogP contribution is 2.15. The molecule has 0 fully saturated rings. The molecule has 0 heterocycles. The van der Waals surface area contributed by atoms with Gasteiger partial charge in [-0.3, -0.25) is 4.79 Å². The lowest BCUT2D eigenvalue weighted by atomic mass is 10.3. The molecule has 0 bridgehead atoms. The number of aliphatic hydroxyl groups excluding tert-OH is 1. The van der Waals surface area contributed by atoms with E-state index >= 15 is 0 Å². The van der Waals surface area contributed by atoms with Crippen molar-refractivity contribution in [2.45, 2.75) is 19.4 Å². The third-order valence-electron chi connectivity index (χ3n) is 2.10. The lowest BCUT2D eigenvalue weighted by Crippen LogP contribution is -2.35. The molecule has 2 N–H and O–H groups in total. The van der Waals surface area contributed by atoms with Crippen LogP contribution in [0.1, 0.15) is 13.3 Å². The summed E-state index contributed by atoms with van der Waals surface area (Å²) in [7, 11) is 0. The van der Waals surface area contributed by atoms with Crippen LogP contribution < -0.4 is 10.1 Å². The van der Waals surface area contributed by atoms with E-state index in [2.05, 4.69) is 5.32 Å². The van der Waals surface area contributed by atoms with Gasteiger partial charge in [-0.05, 0) is 19.1 Å². The van der Waals surface area contributed by atoms with E-state index in [-0.39, 0.29) is 37.3 Å². The molecule has 4 nitrogen and oxygen atoms in total. The predicted molar refractivity (Wildman–Crippen MR) is 61.2 cm³/mol. The normalized spacial score (nSPS) is 11.9.